The van der Waals surface area contributed by atoms with E-state index in [0.717, 1.165) is 56.1 Å². The number of rotatable bonds is 8. The van der Waals surface area contributed by atoms with Gasteiger partial charge in [-0.2, -0.15) is 0 Å². The van der Waals surface area contributed by atoms with E-state index in [0.29, 0.717) is 0 Å². The Labute approximate surface area is 514 Å². The Balaban J connectivity index is 0.915. The minimum atomic E-state index is 0.0131. The monoisotopic (exact) mass is 1130 g/mol. The predicted molar refractivity (Wildman–Crippen MR) is 372 cm³/mol. The van der Waals surface area contributed by atoms with E-state index < -0.39 is 0 Å². The summed E-state index contributed by atoms with van der Waals surface area (Å²) in [5.41, 5.74) is 30.8. The topological polar surface area (TPSA) is 22.4 Å². The highest BCUT2D eigenvalue weighted by molar-refractivity contribution is 6.13. The lowest BCUT2D eigenvalue weighted by atomic mass is 9.86. The molecule has 1 aliphatic heterocycles. The number of hydrogen-bond acceptors (Lipinski definition) is 1. The van der Waals surface area contributed by atoms with Crippen molar-refractivity contribution in [2.75, 3.05) is 4.90 Å². The van der Waals surface area contributed by atoms with Gasteiger partial charge in [-0.3, -0.25) is 8.97 Å². The average molecular weight is 1130 g/mol. The van der Waals surface area contributed by atoms with Crippen molar-refractivity contribution >= 4 is 88.6 Å². The number of fused-ring (bicyclic) bond motifs is 16. The van der Waals surface area contributed by atoms with Gasteiger partial charge in [-0.15, -0.1) is 0 Å². The van der Waals surface area contributed by atoms with Crippen LogP contribution in [0.5, 0.6) is 0 Å². The van der Waals surface area contributed by atoms with Crippen LogP contribution in [-0.2, 0) is 0 Å². The van der Waals surface area contributed by atoms with Crippen molar-refractivity contribution in [1.29, 1.82) is 0 Å². The molecule has 13 aromatic carbocycles. The Morgan fingerprint density at radius 1 is 0.315 bits per heavy atom. The second-order valence-corrected chi connectivity index (χ2v) is 24.0. The first-order valence-corrected chi connectivity index (χ1v) is 30.9. The van der Waals surface area contributed by atoms with Gasteiger partial charge >= 0.3 is 0 Å². The third-order valence-corrected chi connectivity index (χ3v) is 19.3. The van der Waals surface area contributed by atoms with Crippen LogP contribution in [0.3, 0.4) is 0 Å². The largest absolute Gasteiger partial charge is 0.313 e. The van der Waals surface area contributed by atoms with Crippen LogP contribution < -0.4 is 4.90 Å². The van der Waals surface area contributed by atoms with Gasteiger partial charge in [0.25, 0.3) is 0 Å². The van der Waals surface area contributed by atoms with E-state index in [9.17, 15) is 0 Å². The summed E-state index contributed by atoms with van der Waals surface area (Å²) in [6.45, 7) is 2.40. The van der Waals surface area contributed by atoms with Gasteiger partial charge in [0.05, 0.1) is 61.6 Å². The number of imidazole rings is 1. The van der Waals surface area contributed by atoms with Crippen LogP contribution in [-0.4, -0.2) is 18.1 Å². The molecule has 19 rings (SSSR count). The molecule has 0 radical (unpaired) electrons. The minimum absolute atomic E-state index is 0.0131. The molecule has 0 fully saturated rings. The molecule has 1 atom stereocenters. The summed E-state index contributed by atoms with van der Waals surface area (Å²) in [4.78, 5) is 2.50. The van der Waals surface area contributed by atoms with E-state index in [1.54, 1.807) is 0 Å². The van der Waals surface area contributed by atoms with Crippen molar-refractivity contribution in [3.05, 3.63) is 331 Å². The highest BCUT2D eigenvalue weighted by atomic mass is 15.2. The molecule has 416 valence electrons. The molecule has 5 nitrogen and oxygen atoms in total. The van der Waals surface area contributed by atoms with Crippen LogP contribution in [0.25, 0.3) is 139 Å². The number of anilines is 2. The van der Waals surface area contributed by atoms with Crippen LogP contribution in [0.2, 0.25) is 0 Å². The Morgan fingerprint density at radius 3 is 1.45 bits per heavy atom. The standard InChI is InChI=1S/C84H55N5/c1-53-82(61-41-39-58-50-79-83(68(58)47-61)70-46-56(54-22-6-2-7-23-54)42-44-75(70)85(79)62-26-10-4-11-27-62)80(87-71-34-18-14-30-64(71)65-31-15-19-35-72(65)87)52-69(84(53)89-73-36-20-16-32-66(73)67-33-17-21-37-74(67)89)59-38-40-60-51-81-86(63-28-12-5-13-29-63)76-45-43-57(55-24-8-3-9-25-55)48-78(76)88(81)77(60)49-59/h2-52,83H,1H3. The molecule has 0 spiro atoms. The van der Waals surface area contributed by atoms with Gasteiger partial charge in [0.2, 0.25) is 0 Å². The highest BCUT2D eigenvalue weighted by Gasteiger charge is 2.41. The number of hydrogen-bond donors (Lipinski definition) is 0. The first-order chi connectivity index (χ1) is 44.1. The van der Waals surface area contributed by atoms with Crippen LogP contribution >= 0.6 is 0 Å². The van der Waals surface area contributed by atoms with Gasteiger partial charge in [0.1, 0.15) is 5.65 Å². The zero-order chi connectivity index (χ0) is 58.4. The maximum atomic E-state index is 2.57. The van der Waals surface area contributed by atoms with Crippen molar-refractivity contribution < 1.29 is 0 Å². The third-order valence-electron chi connectivity index (χ3n) is 19.3. The predicted octanol–water partition coefficient (Wildman–Crippen LogP) is 21.8. The number of nitrogens with zero attached hydrogens (tertiary/aromatic N) is 5. The highest BCUT2D eigenvalue weighted by Crippen LogP contribution is 2.57. The Bertz CT molecular complexity index is 5690. The van der Waals surface area contributed by atoms with Crippen molar-refractivity contribution in [3.63, 3.8) is 0 Å². The summed E-state index contributed by atoms with van der Waals surface area (Å²) in [6, 6.07) is 113. The second-order valence-electron chi connectivity index (χ2n) is 24.0. The maximum Gasteiger partial charge on any atom is 0.123 e. The van der Waals surface area contributed by atoms with Gasteiger partial charge < -0.3 is 14.0 Å². The number of benzene rings is 13. The van der Waals surface area contributed by atoms with Gasteiger partial charge in [-0.25, -0.2) is 0 Å². The molecule has 0 bridgehead atoms. The number of para-hydroxylation sites is 6. The zero-order valence-electron chi connectivity index (χ0n) is 48.8. The van der Waals surface area contributed by atoms with E-state index in [1.807, 2.05) is 0 Å². The lowest BCUT2D eigenvalue weighted by Crippen LogP contribution is -2.11. The number of aromatic nitrogens is 4. The van der Waals surface area contributed by atoms with Gasteiger partial charge in [0, 0.05) is 55.1 Å². The van der Waals surface area contributed by atoms with Crippen LogP contribution in [0, 0.1) is 6.92 Å². The SMILES string of the molecule is Cc1c(-c2ccc3c(c2)C2C(=C3)N(c3ccccc3)c3ccc(-c4ccccc4)cc32)c(-n2c3ccccc3c3ccccc32)cc(-c2ccc3cc4n(-c5ccccc5)c5ccc(-c6ccccc6)cc5n4c3c2)c1-n1c2ccccc2c2ccccc21. The summed E-state index contributed by atoms with van der Waals surface area (Å²) >= 11 is 0. The fourth-order valence-corrected chi connectivity index (χ4v) is 15.5. The third kappa shape index (κ3) is 7.30. The summed E-state index contributed by atoms with van der Waals surface area (Å²) in [5.74, 6) is 0.0131. The summed E-state index contributed by atoms with van der Waals surface area (Å²) in [5, 5.41) is 6.07. The Kier molecular flexibility index (Phi) is 10.7. The van der Waals surface area contributed by atoms with Crippen molar-refractivity contribution in [1.82, 2.24) is 18.1 Å². The smallest absolute Gasteiger partial charge is 0.123 e. The fourth-order valence-electron chi connectivity index (χ4n) is 15.5. The molecule has 4 aromatic heterocycles. The second kappa shape index (κ2) is 19.2. The molecule has 0 N–H and O–H groups in total. The van der Waals surface area contributed by atoms with Gasteiger partial charge in [-0.1, -0.05) is 206 Å². The van der Waals surface area contributed by atoms with Crippen LogP contribution in [0.15, 0.2) is 309 Å². The molecule has 5 heterocycles. The molecule has 0 saturated heterocycles. The molecule has 2 aliphatic rings. The van der Waals surface area contributed by atoms with Gasteiger partial charge in [-0.05, 0) is 166 Å². The van der Waals surface area contributed by atoms with E-state index in [1.165, 1.54) is 116 Å². The number of allylic oxidation sites excluding steroid dienone is 1. The van der Waals surface area contributed by atoms with E-state index in [4.69, 9.17) is 0 Å². The van der Waals surface area contributed by atoms with Crippen molar-refractivity contribution in [2.45, 2.75) is 12.8 Å². The molecular weight excluding hydrogens is 1080 g/mol. The Morgan fingerprint density at radius 2 is 0.820 bits per heavy atom. The summed E-state index contributed by atoms with van der Waals surface area (Å²) < 4.78 is 10.1. The molecule has 5 heteroatoms. The Hall–Kier alpha value is -11.7. The lowest BCUT2D eigenvalue weighted by molar-refractivity contribution is 1.01. The van der Waals surface area contributed by atoms with Gasteiger partial charge in [0.15, 0.2) is 0 Å². The van der Waals surface area contributed by atoms with Crippen molar-refractivity contribution in [2.24, 2.45) is 0 Å². The van der Waals surface area contributed by atoms with Crippen LogP contribution in [0.1, 0.15) is 28.2 Å². The van der Waals surface area contributed by atoms with E-state index in [2.05, 4.69) is 339 Å². The summed E-state index contributed by atoms with van der Waals surface area (Å²) in [6.07, 6.45) is 2.45. The molecule has 89 heavy (non-hydrogen) atoms. The van der Waals surface area contributed by atoms with E-state index >= 15 is 0 Å². The minimum Gasteiger partial charge on any atom is -0.313 e. The maximum absolute atomic E-state index is 2.57. The molecule has 1 unspecified atom stereocenters. The molecule has 0 amide bonds. The average Bonchev–Trinajstić information content (AvgIpc) is 1.64. The molecule has 1 aliphatic carbocycles. The normalized spacial score (nSPS) is 13.6. The molecule has 17 aromatic rings. The lowest BCUT2D eigenvalue weighted by Gasteiger charge is -2.25. The zero-order valence-corrected chi connectivity index (χ0v) is 48.8. The van der Waals surface area contributed by atoms with E-state index in [-0.39, 0.29) is 5.92 Å². The molecule has 0 saturated carbocycles. The quantitative estimate of drug-likeness (QED) is 0.149. The first kappa shape index (κ1) is 49.6. The van der Waals surface area contributed by atoms with Crippen molar-refractivity contribution in [3.8, 4) is 61.6 Å². The summed E-state index contributed by atoms with van der Waals surface area (Å²) in [7, 11) is 0. The van der Waals surface area contributed by atoms with Crippen LogP contribution in [0.4, 0.5) is 11.4 Å². The first-order valence-electron chi connectivity index (χ1n) is 30.9. The molecular formula is C84H55N5. The fraction of sp³-hybridized carbons (Fsp3) is 0.0238.